The van der Waals surface area contributed by atoms with Crippen molar-refractivity contribution in [1.82, 2.24) is 10.2 Å². The van der Waals surface area contributed by atoms with Crippen LogP contribution in [0, 0.1) is 5.92 Å². The fourth-order valence-electron chi connectivity index (χ4n) is 3.52. The smallest absolute Gasteiger partial charge is 0.0234 e. The molecule has 3 heteroatoms. The van der Waals surface area contributed by atoms with E-state index in [0.29, 0.717) is 0 Å². The Hall–Kier alpha value is -0.380. The Morgan fingerprint density at radius 3 is 2.74 bits per heavy atom. The van der Waals surface area contributed by atoms with Crippen molar-refractivity contribution in [3.63, 3.8) is 0 Å². The van der Waals surface area contributed by atoms with Crippen LogP contribution in [0.5, 0.6) is 0 Å². The monoisotopic (exact) mass is 322 g/mol. The van der Waals surface area contributed by atoms with Crippen LogP contribution in [0.15, 0.2) is 28.7 Å². The van der Waals surface area contributed by atoms with E-state index in [9.17, 15) is 0 Å². The van der Waals surface area contributed by atoms with Crippen molar-refractivity contribution in [2.45, 2.75) is 38.3 Å². The van der Waals surface area contributed by atoms with Crippen LogP contribution in [0.4, 0.5) is 0 Å². The highest BCUT2D eigenvalue weighted by atomic mass is 79.9. The van der Waals surface area contributed by atoms with Gasteiger partial charge >= 0.3 is 0 Å². The molecule has 1 aromatic carbocycles. The standard InChI is InChI=1S/C16H23BrN2/c17-15-4-1-3-13(11-15)12-19-9-6-14(7-10-19)16-5-2-8-18-16/h1,3-4,11,14,16,18H,2,5-10,12H2. The van der Waals surface area contributed by atoms with Crippen LogP contribution in [-0.4, -0.2) is 30.6 Å². The van der Waals surface area contributed by atoms with Gasteiger partial charge in [0.15, 0.2) is 0 Å². The van der Waals surface area contributed by atoms with E-state index in [1.165, 1.54) is 55.4 Å². The number of halogens is 1. The van der Waals surface area contributed by atoms with E-state index in [1.807, 2.05) is 0 Å². The second-order valence-electron chi connectivity index (χ2n) is 5.95. The van der Waals surface area contributed by atoms with Gasteiger partial charge in [-0.05, 0) is 68.9 Å². The summed E-state index contributed by atoms with van der Waals surface area (Å²) in [5, 5.41) is 3.67. The summed E-state index contributed by atoms with van der Waals surface area (Å²) in [5.74, 6) is 0.918. The van der Waals surface area contributed by atoms with Gasteiger partial charge in [-0.2, -0.15) is 0 Å². The summed E-state index contributed by atoms with van der Waals surface area (Å²) >= 11 is 3.55. The first-order valence-corrected chi connectivity index (χ1v) is 8.31. The number of likely N-dealkylation sites (tertiary alicyclic amines) is 1. The molecule has 2 nitrogen and oxygen atoms in total. The topological polar surface area (TPSA) is 15.3 Å². The minimum Gasteiger partial charge on any atom is -0.314 e. The Morgan fingerprint density at radius 1 is 1.21 bits per heavy atom. The molecule has 2 heterocycles. The first-order valence-electron chi connectivity index (χ1n) is 7.51. The molecule has 2 aliphatic rings. The van der Waals surface area contributed by atoms with E-state index >= 15 is 0 Å². The summed E-state index contributed by atoms with van der Waals surface area (Å²) in [7, 11) is 0. The molecule has 1 unspecified atom stereocenters. The number of benzene rings is 1. The molecule has 0 saturated carbocycles. The predicted octanol–water partition coefficient (Wildman–Crippen LogP) is 3.41. The van der Waals surface area contributed by atoms with Gasteiger partial charge in [0.1, 0.15) is 0 Å². The Morgan fingerprint density at radius 2 is 2.05 bits per heavy atom. The third-order valence-corrected chi connectivity index (χ3v) is 5.09. The SMILES string of the molecule is Brc1cccc(CN2CCC(C3CCCN3)CC2)c1. The molecule has 0 bridgehead atoms. The Labute approximate surface area is 124 Å². The molecule has 0 amide bonds. The van der Waals surface area contributed by atoms with Crippen LogP contribution in [-0.2, 0) is 6.54 Å². The van der Waals surface area contributed by atoms with E-state index in [0.717, 1.165) is 18.5 Å². The third kappa shape index (κ3) is 3.59. The first kappa shape index (κ1) is 13.6. The molecule has 0 aliphatic carbocycles. The fourth-order valence-corrected chi connectivity index (χ4v) is 3.97. The van der Waals surface area contributed by atoms with Gasteiger partial charge in [0.2, 0.25) is 0 Å². The Kier molecular flexibility index (Phi) is 4.57. The van der Waals surface area contributed by atoms with Crippen molar-refractivity contribution < 1.29 is 0 Å². The largest absolute Gasteiger partial charge is 0.314 e. The van der Waals surface area contributed by atoms with Gasteiger partial charge in [-0.15, -0.1) is 0 Å². The molecular weight excluding hydrogens is 300 g/mol. The van der Waals surface area contributed by atoms with Crippen LogP contribution in [0.1, 0.15) is 31.2 Å². The van der Waals surface area contributed by atoms with E-state index in [2.05, 4.69) is 50.4 Å². The lowest BCUT2D eigenvalue weighted by Gasteiger charge is -2.35. The maximum absolute atomic E-state index is 3.67. The average Bonchev–Trinajstić information content (AvgIpc) is 2.94. The highest BCUT2D eigenvalue weighted by Gasteiger charge is 2.28. The number of hydrogen-bond acceptors (Lipinski definition) is 2. The molecule has 0 spiro atoms. The van der Waals surface area contributed by atoms with Gasteiger partial charge in [-0.3, -0.25) is 4.90 Å². The number of nitrogens with zero attached hydrogens (tertiary/aromatic N) is 1. The lowest BCUT2D eigenvalue weighted by molar-refractivity contribution is 0.157. The van der Waals surface area contributed by atoms with Crippen LogP contribution >= 0.6 is 15.9 Å². The van der Waals surface area contributed by atoms with E-state index < -0.39 is 0 Å². The van der Waals surface area contributed by atoms with Gasteiger partial charge in [0.05, 0.1) is 0 Å². The molecule has 104 valence electrons. The molecule has 2 aliphatic heterocycles. The molecule has 0 aromatic heterocycles. The fraction of sp³-hybridized carbons (Fsp3) is 0.625. The quantitative estimate of drug-likeness (QED) is 0.917. The van der Waals surface area contributed by atoms with Crippen molar-refractivity contribution in [3.05, 3.63) is 34.3 Å². The van der Waals surface area contributed by atoms with Gasteiger partial charge in [-0.1, -0.05) is 28.1 Å². The molecule has 2 saturated heterocycles. The molecule has 1 N–H and O–H groups in total. The molecule has 1 aromatic rings. The van der Waals surface area contributed by atoms with Gasteiger partial charge < -0.3 is 5.32 Å². The summed E-state index contributed by atoms with van der Waals surface area (Å²) in [6.45, 7) is 4.86. The lowest BCUT2D eigenvalue weighted by Crippen LogP contribution is -2.40. The summed E-state index contributed by atoms with van der Waals surface area (Å²) in [6.07, 6.45) is 5.51. The minimum atomic E-state index is 0.813. The van der Waals surface area contributed by atoms with Gasteiger partial charge in [0, 0.05) is 17.1 Å². The third-order valence-electron chi connectivity index (χ3n) is 4.59. The highest BCUT2D eigenvalue weighted by molar-refractivity contribution is 9.10. The molecule has 19 heavy (non-hydrogen) atoms. The van der Waals surface area contributed by atoms with Crippen LogP contribution in [0.25, 0.3) is 0 Å². The first-order chi connectivity index (χ1) is 9.31. The van der Waals surface area contributed by atoms with Crippen LogP contribution in [0.3, 0.4) is 0 Å². The summed E-state index contributed by atoms with van der Waals surface area (Å²) in [4.78, 5) is 2.60. The average molecular weight is 323 g/mol. The zero-order valence-corrected chi connectivity index (χ0v) is 13.0. The summed E-state index contributed by atoms with van der Waals surface area (Å²) in [6, 6.07) is 9.52. The summed E-state index contributed by atoms with van der Waals surface area (Å²) < 4.78 is 1.19. The second-order valence-corrected chi connectivity index (χ2v) is 6.86. The van der Waals surface area contributed by atoms with Gasteiger partial charge in [0.25, 0.3) is 0 Å². The van der Waals surface area contributed by atoms with Crippen molar-refractivity contribution >= 4 is 15.9 Å². The zero-order chi connectivity index (χ0) is 13.1. The Bertz CT molecular complexity index is 407. The summed E-state index contributed by atoms with van der Waals surface area (Å²) in [5.41, 5.74) is 1.42. The lowest BCUT2D eigenvalue weighted by atomic mass is 9.88. The predicted molar refractivity (Wildman–Crippen MR) is 83.2 cm³/mol. The highest BCUT2D eigenvalue weighted by Crippen LogP contribution is 2.26. The van der Waals surface area contributed by atoms with Gasteiger partial charge in [-0.25, -0.2) is 0 Å². The molecule has 2 fully saturated rings. The maximum atomic E-state index is 3.67. The van der Waals surface area contributed by atoms with Crippen molar-refractivity contribution in [2.24, 2.45) is 5.92 Å². The van der Waals surface area contributed by atoms with Crippen LogP contribution in [0.2, 0.25) is 0 Å². The van der Waals surface area contributed by atoms with Crippen molar-refractivity contribution in [1.29, 1.82) is 0 Å². The zero-order valence-electron chi connectivity index (χ0n) is 11.4. The molecule has 3 rings (SSSR count). The van der Waals surface area contributed by atoms with Crippen LogP contribution < -0.4 is 5.32 Å². The van der Waals surface area contributed by atoms with E-state index in [4.69, 9.17) is 0 Å². The molecule has 0 radical (unpaired) electrons. The van der Waals surface area contributed by atoms with E-state index in [-0.39, 0.29) is 0 Å². The van der Waals surface area contributed by atoms with Crippen molar-refractivity contribution in [3.8, 4) is 0 Å². The molecular formula is C16H23BrN2. The Balaban J connectivity index is 1.50. The van der Waals surface area contributed by atoms with E-state index in [1.54, 1.807) is 0 Å². The normalized spacial score (nSPS) is 25.8. The number of nitrogens with one attached hydrogen (secondary N) is 1. The second kappa shape index (κ2) is 6.38. The minimum absolute atomic E-state index is 0.813. The maximum Gasteiger partial charge on any atom is 0.0234 e. The molecule has 1 atom stereocenters. The van der Waals surface area contributed by atoms with Crippen molar-refractivity contribution in [2.75, 3.05) is 19.6 Å². The number of hydrogen-bond donors (Lipinski definition) is 1. The number of rotatable bonds is 3. The number of piperidine rings is 1.